The van der Waals surface area contributed by atoms with Crippen molar-refractivity contribution in [2.45, 2.75) is 155 Å². The van der Waals surface area contributed by atoms with Crippen molar-refractivity contribution in [3.05, 3.63) is 0 Å². The minimum absolute atomic E-state index is 0.00165. The van der Waals surface area contributed by atoms with Crippen LogP contribution >= 0.6 is 0 Å². The highest BCUT2D eigenvalue weighted by Crippen LogP contribution is 2.77. The second-order valence-corrected chi connectivity index (χ2v) is 19.8. The number of hydrogen-bond donors (Lipinski definition) is 7. The molecule has 0 amide bonds. The first kappa shape index (κ1) is 38.3. The molecule has 16 unspecified atom stereocenters. The molecule has 0 aromatic rings. The maximum Gasteiger partial charge on any atom is 0.397 e. The van der Waals surface area contributed by atoms with Gasteiger partial charge in [-0.15, -0.1) is 0 Å². The molecule has 0 radical (unpaired) electrons. The Morgan fingerprint density at radius 3 is 2.12 bits per heavy atom. The molecule has 12 nitrogen and oxygen atoms in total. The van der Waals surface area contributed by atoms with E-state index in [1.807, 2.05) is 13.8 Å². The molecule has 7 N–H and O–H groups in total. The average Bonchev–Trinajstić information content (AvgIpc) is 3.40. The van der Waals surface area contributed by atoms with Gasteiger partial charge in [0.25, 0.3) is 0 Å². The van der Waals surface area contributed by atoms with Crippen LogP contribution in [0.5, 0.6) is 0 Å². The molecule has 5 saturated carbocycles. The van der Waals surface area contributed by atoms with Gasteiger partial charge in [-0.05, 0) is 123 Å². The van der Waals surface area contributed by atoms with Crippen LogP contribution < -0.4 is 0 Å². The summed E-state index contributed by atoms with van der Waals surface area (Å²) >= 11 is 0. The lowest BCUT2D eigenvalue weighted by Crippen LogP contribution is -2.69. The lowest BCUT2D eigenvalue weighted by Gasteiger charge is -2.73. The van der Waals surface area contributed by atoms with Crippen molar-refractivity contribution in [2.24, 2.45) is 56.7 Å². The Kier molecular flexibility index (Phi) is 9.60. The van der Waals surface area contributed by atoms with E-state index < -0.39 is 76.4 Å². The van der Waals surface area contributed by atoms with Gasteiger partial charge in [-0.3, -0.25) is 4.55 Å². The summed E-state index contributed by atoms with van der Waals surface area (Å²) in [6.45, 7) is 14.6. The van der Waals surface area contributed by atoms with Gasteiger partial charge in [0, 0.05) is 5.41 Å². The average molecular weight is 719 g/mol. The zero-order valence-electron chi connectivity index (χ0n) is 30.3. The fraction of sp³-hybridized carbons (Fsp3) is 1.00. The lowest BCUT2D eigenvalue weighted by atomic mass is 9.32. The molecule has 284 valence electrons. The van der Waals surface area contributed by atoms with Crippen molar-refractivity contribution in [1.82, 2.24) is 0 Å². The monoisotopic (exact) mass is 718 g/mol. The van der Waals surface area contributed by atoms with Gasteiger partial charge >= 0.3 is 10.4 Å². The fourth-order valence-electron chi connectivity index (χ4n) is 13.7. The first-order chi connectivity index (χ1) is 22.5. The van der Waals surface area contributed by atoms with E-state index in [1.165, 1.54) is 0 Å². The standard InChI is InChI=1S/C36H62O12S/c1-31(2)22-11-14-34(6)23(9-8-20-26-19(32(3,4)42)10-15-36(26,18-38)24(39)16-35(20,34)7)33(22,5)13-12-25(31)47-30-29(48-49(43,44)45)28(41)27(40)21(17-37)46-30/h19-30,37-42H,8-18H2,1-7H3,(H,43,44,45). The van der Waals surface area contributed by atoms with Crippen LogP contribution in [-0.2, 0) is 24.1 Å². The summed E-state index contributed by atoms with van der Waals surface area (Å²) in [5.74, 6) is 0.832. The summed E-state index contributed by atoms with van der Waals surface area (Å²) in [7, 11) is -5.04. The molecular formula is C36H62O12S. The first-order valence-electron chi connectivity index (χ1n) is 18.5. The Morgan fingerprint density at radius 1 is 0.857 bits per heavy atom. The molecule has 49 heavy (non-hydrogen) atoms. The molecule has 16 atom stereocenters. The predicted molar refractivity (Wildman–Crippen MR) is 178 cm³/mol. The SMILES string of the molecule is CC(C)(O)C1CCC2(CO)C(O)CC3(C)C(CCC4C5(C)CCC(OC6OC(CO)C(O)C(O)C6OS(=O)(=O)O)C(C)(C)C5CCC43C)C12. The van der Waals surface area contributed by atoms with Crippen molar-refractivity contribution in [3.8, 4) is 0 Å². The summed E-state index contributed by atoms with van der Waals surface area (Å²) < 4.78 is 49.9. The van der Waals surface area contributed by atoms with Crippen molar-refractivity contribution in [1.29, 1.82) is 0 Å². The van der Waals surface area contributed by atoms with Crippen LogP contribution in [0.4, 0.5) is 0 Å². The zero-order valence-corrected chi connectivity index (χ0v) is 31.1. The Bertz CT molecular complexity index is 1350. The third-order valence-electron chi connectivity index (χ3n) is 16.2. The lowest BCUT2D eigenvalue weighted by molar-refractivity contribution is -0.329. The Hall–Kier alpha value is -0.450. The van der Waals surface area contributed by atoms with E-state index in [0.717, 1.165) is 44.9 Å². The topological polar surface area (TPSA) is 203 Å². The first-order valence-corrected chi connectivity index (χ1v) is 19.8. The Morgan fingerprint density at radius 2 is 1.53 bits per heavy atom. The molecule has 6 aliphatic rings. The molecule has 1 aliphatic heterocycles. The summed E-state index contributed by atoms with van der Waals surface area (Å²) in [5.41, 5.74) is -2.34. The van der Waals surface area contributed by atoms with Crippen molar-refractivity contribution < 1.29 is 57.3 Å². The van der Waals surface area contributed by atoms with E-state index in [-0.39, 0.29) is 46.5 Å². The number of ether oxygens (including phenoxy) is 2. The van der Waals surface area contributed by atoms with Crippen molar-refractivity contribution in [2.75, 3.05) is 13.2 Å². The summed E-state index contributed by atoms with van der Waals surface area (Å²) in [6.07, 6.45) is -1.62. The van der Waals surface area contributed by atoms with Gasteiger partial charge in [0.15, 0.2) is 12.4 Å². The molecule has 13 heteroatoms. The molecular weight excluding hydrogens is 656 g/mol. The predicted octanol–water partition coefficient (Wildman–Crippen LogP) is 2.81. The zero-order chi connectivity index (χ0) is 36.3. The summed E-state index contributed by atoms with van der Waals surface area (Å²) in [6, 6.07) is 0. The highest BCUT2D eigenvalue weighted by molar-refractivity contribution is 7.80. The van der Waals surface area contributed by atoms with Crippen LogP contribution in [0, 0.1) is 56.7 Å². The summed E-state index contributed by atoms with van der Waals surface area (Å²) in [4.78, 5) is 0. The van der Waals surface area contributed by atoms with Gasteiger partial charge in [-0.1, -0.05) is 34.6 Å². The van der Waals surface area contributed by atoms with Gasteiger partial charge in [-0.2, -0.15) is 8.42 Å². The minimum Gasteiger partial charge on any atom is -0.396 e. The normalized spacial score (nSPS) is 52.9. The Balaban J connectivity index is 1.29. The van der Waals surface area contributed by atoms with E-state index in [4.69, 9.17) is 13.7 Å². The number of fused-ring (bicyclic) bond motifs is 7. The Labute approximate surface area is 291 Å². The van der Waals surface area contributed by atoms with Crippen LogP contribution in [0.1, 0.15) is 106 Å². The van der Waals surface area contributed by atoms with Gasteiger partial charge in [0.1, 0.15) is 18.3 Å². The van der Waals surface area contributed by atoms with E-state index in [1.54, 1.807) is 0 Å². The number of aliphatic hydroxyl groups excluding tert-OH is 5. The quantitative estimate of drug-likeness (QED) is 0.150. The van der Waals surface area contributed by atoms with Crippen LogP contribution in [0.25, 0.3) is 0 Å². The van der Waals surface area contributed by atoms with Crippen molar-refractivity contribution >= 4 is 10.4 Å². The second kappa shape index (κ2) is 12.3. The maximum atomic E-state index is 12.0. The molecule has 6 fully saturated rings. The number of hydrogen-bond acceptors (Lipinski definition) is 11. The van der Waals surface area contributed by atoms with Crippen molar-refractivity contribution in [3.63, 3.8) is 0 Å². The number of rotatable bonds is 7. The third-order valence-corrected chi connectivity index (χ3v) is 16.6. The smallest absolute Gasteiger partial charge is 0.396 e. The van der Waals surface area contributed by atoms with Crippen LogP contribution in [0.15, 0.2) is 0 Å². The van der Waals surface area contributed by atoms with Crippen LogP contribution in [0.3, 0.4) is 0 Å². The third kappa shape index (κ3) is 5.62. The maximum absolute atomic E-state index is 12.0. The molecule has 0 aromatic carbocycles. The number of aliphatic hydroxyl groups is 6. The van der Waals surface area contributed by atoms with Gasteiger partial charge in [-0.25, -0.2) is 4.18 Å². The van der Waals surface area contributed by atoms with E-state index in [2.05, 4.69) is 34.6 Å². The second-order valence-electron chi connectivity index (χ2n) is 18.8. The van der Waals surface area contributed by atoms with Crippen LogP contribution in [-0.4, -0.2) is 105 Å². The van der Waals surface area contributed by atoms with E-state index >= 15 is 0 Å². The van der Waals surface area contributed by atoms with Gasteiger partial charge in [0.2, 0.25) is 0 Å². The van der Waals surface area contributed by atoms with Gasteiger partial charge < -0.3 is 40.1 Å². The highest BCUT2D eigenvalue weighted by Gasteiger charge is 2.73. The molecule has 1 heterocycles. The molecule has 6 rings (SSSR count). The molecule has 5 aliphatic carbocycles. The van der Waals surface area contributed by atoms with E-state index in [0.29, 0.717) is 18.8 Å². The fourth-order valence-corrected chi connectivity index (χ4v) is 14.1. The molecule has 0 bridgehead atoms. The van der Waals surface area contributed by atoms with Gasteiger partial charge in [0.05, 0.1) is 31.0 Å². The largest absolute Gasteiger partial charge is 0.397 e. The summed E-state index contributed by atoms with van der Waals surface area (Å²) in [5, 5.41) is 65.2. The molecule has 0 spiro atoms. The van der Waals surface area contributed by atoms with Crippen LogP contribution in [0.2, 0.25) is 0 Å². The van der Waals surface area contributed by atoms with E-state index in [9.17, 15) is 43.6 Å². The molecule has 0 aromatic heterocycles. The minimum atomic E-state index is -5.04. The molecule has 1 saturated heterocycles. The highest BCUT2D eigenvalue weighted by atomic mass is 32.3.